The van der Waals surface area contributed by atoms with Crippen LogP contribution in [0.1, 0.15) is 10.4 Å². The first-order chi connectivity index (χ1) is 10.1. The molecule has 0 aliphatic carbocycles. The van der Waals surface area contributed by atoms with Gasteiger partial charge in [0.05, 0.1) is 0 Å². The van der Waals surface area contributed by atoms with E-state index in [-0.39, 0.29) is 5.75 Å². The first kappa shape index (κ1) is 13.0. The molecule has 0 unspecified atom stereocenters. The second-order valence-corrected chi connectivity index (χ2v) is 4.68. The number of primary amides is 1. The summed E-state index contributed by atoms with van der Waals surface area (Å²) in [6.07, 6.45) is 0. The van der Waals surface area contributed by atoms with E-state index in [0.29, 0.717) is 17.1 Å². The molecule has 104 valence electrons. The Morgan fingerprint density at radius 2 is 1.52 bits per heavy atom. The lowest BCUT2D eigenvalue weighted by molar-refractivity contribution is 0.100. The molecule has 3 aromatic rings. The highest BCUT2D eigenvalue weighted by atomic mass is 16.5. The molecular formula is C17H13NO3. The maximum absolute atomic E-state index is 11.0. The first-order valence-corrected chi connectivity index (χ1v) is 6.42. The van der Waals surface area contributed by atoms with Crippen LogP contribution in [-0.4, -0.2) is 11.0 Å². The van der Waals surface area contributed by atoms with Gasteiger partial charge in [-0.15, -0.1) is 0 Å². The van der Waals surface area contributed by atoms with Crippen molar-refractivity contribution in [2.24, 2.45) is 5.73 Å². The average molecular weight is 279 g/mol. The third-order valence-corrected chi connectivity index (χ3v) is 3.17. The molecule has 0 saturated heterocycles. The van der Waals surface area contributed by atoms with Crippen molar-refractivity contribution in [3.8, 4) is 17.2 Å². The van der Waals surface area contributed by atoms with Gasteiger partial charge in [-0.3, -0.25) is 4.79 Å². The number of hydrogen-bond donors (Lipinski definition) is 2. The monoisotopic (exact) mass is 279 g/mol. The summed E-state index contributed by atoms with van der Waals surface area (Å²) in [4.78, 5) is 11.0. The number of carbonyl (C=O) groups excluding carboxylic acids is 1. The van der Waals surface area contributed by atoms with Crippen molar-refractivity contribution in [2.75, 3.05) is 0 Å². The Balaban J connectivity index is 1.88. The van der Waals surface area contributed by atoms with Gasteiger partial charge in [0, 0.05) is 5.56 Å². The summed E-state index contributed by atoms with van der Waals surface area (Å²) < 4.78 is 5.73. The largest absolute Gasteiger partial charge is 0.508 e. The number of amides is 1. The highest BCUT2D eigenvalue weighted by Gasteiger charge is 2.03. The molecule has 0 aromatic heterocycles. The van der Waals surface area contributed by atoms with Gasteiger partial charge in [-0.1, -0.05) is 12.1 Å². The van der Waals surface area contributed by atoms with Gasteiger partial charge in [0.2, 0.25) is 5.91 Å². The van der Waals surface area contributed by atoms with Gasteiger partial charge in [-0.25, -0.2) is 0 Å². The van der Waals surface area contributed by atoms with Crippen LogP contribution in [0, 0.1) is 0 Å². The van der Waals surface area contributed by atoms with Gasteiger partial charge in [0.15, 0.2) is 0 Å². The van der Waals surface area contributed by atoms with E-state index in [2.05, 4.69) is 0 Å². The maximum Gasteiger partial charge on any atom is 0.248 e. The van der Waals surface area contributed by atoms with E-state index in [4.69, 9.17) is 10.5 Å². The number of carbonyl (C=O) groups is 1. The molecule has 3 aromatic carbocycles. The number of fused-ring (bicyclic) bond motifs is 1. The molecule has 0 heterocycles. The van der Waals surface area contributed by atoms with Crippen LogP contribution in [0.5, 0.6) is 17.2 Å². The Bertz CT molecular complexity index is 810. The van der Waals surface area contributed by atoms with Crippen LogP contribution in [-0.2, 0) is 0 Å². The standard InChI is InChI=1S/C17H13NO3/c18-17(20)12-3-6-15(7-4-12)21-16-8-2-11-1-5-14(19)9-13(11)10-16/h1-10,19H,(H2,18,20). The van der Waals surface area contributed by atoms with Crippen LogP contribution in [0.3, 0.4) is 0 Å². The molecule has 0 aliphatic heterocycles. The van der Waals surface area contributed by atoms with Crippen molar-refractivity contribution in [1.82, 2.24) is 0 Å². The quantitative estimate of drug-likeness (QED) is 0.771. The highest BCUT2D eigenvalue weighted by Crippen LogP contribution is 2.27. The number of phenols is 1. The van der Waals surface area contributed by atoms with Crippen molar-refractivity contribution in [2.45, 2.75) is 0 Å². The second kappa shape index (κ2) is 5.17. The Hall–Kier alpha value is -3.01. The topological polar surface area (TPSA) is 72.6 Å². The Labute approximate surface area is 121 Å². The van der Waals surface area contributed by atoms with Crippen LogP contribution in [0.15, 0.2) is 60.7 Å². The van der Waals surface area contributed by atoms with Gasteiger partial charge in [-0.2, -0.15) is 0 Å². The normalized spacial score (nSPS) is 10.5. The SMILES string of the molecule is NC(=O)c1ccc(Oc2ccc3ccc(O)cc3c2)cc1. The number of rotatable bonds is 3. The van der Waals surface area contributed by atoms with Crippen molar-refractivity contribution >= 4 is 16.7 Å². The molecule has 4 heteroatoms. The summed E-state index contributed by atoms with van der Waals surface area (Å²) in [6, 6.07) is 17.4. The molecule has 0 saturated carbocycles. The summed E-state index contributed by atoms with van der Waals surface area (Å²) in [7, 11) is 0. The molecule has 0 bridgehead atoms. The van der Waals surface area contributed by atoms with Crippen molar-refractivity contribution in [1.29, 1.82) is 0 Å². The number of hydrogen-bond acceptors (Lipinski definition) is 3. The fourth-order valence-electron chi connectivity index (χ4n) is 2.10. The van der Waals surface area contributed by atoms with Crippen molar-refractivity contribution < 1.29 is 14.6 Å². The van der Waals surface area contributed by atoms with E-state index in [1.165, 1.54) is 0 Å². The number of phenolic OH excluding ortho intramolecular Hbond substituents is 1. The van der Waals surface area contributed by atoms with E-state index in [9.17, 15) is 9.90 Å². The predicted molar refractivity (Wildman–Crippen MR) is 80.6 cm³/mol. The van der Waals surface area contributed by atoms with Gasteiger partial charge >= 0.3 is 0 Å². The lowest BCUT2D eigenvalue weighted by Crippen LogP contribution is -2.10. The molecule has 1 amide bonds. The highest BCUT2D eigenvalue weighted by molar-refractivity contribution is 5.92. The number of ether oxygens (including phenoxy) is 1. The average Bonchev–Trinajstić information content (AvgIpc) is 2.47. The molecule has 0 spiro atoms. The molecule has 4 nitrogen and oxygen atoms in total. The van der Waals surface area contributed by atoms with Gasteiger partial charge in [0.25, 0.3) is 0 Å². The molecule has 0 fully saturated rings. The Morgan fingerprint density at radius 1 is 0.857 bits per heavy atom. The van der Waals surface area contributed by atoms with E-state index in [0.717, 1.165) is 10.8 Å². The predicted octanol–water partition coefficient (Wildman–Crippen LogP) is 3.44. The fraction of sp³-hybridized carbons (Fsp3) is 0. The minimum absolute atomic E-state index is 0.213. The lowest BCUT2D eigenvalue weighted by atomic mass is 10.1. The number of benzene rings is 3. The zero-order chi connectivity index (χ0) is 14.8. The molecule has 21 heavy (non-hydrogen) atoms. The minimum atomic E-state index is -0.470. The van der Waals surface area contributed by atoms with Crippen LogP contribution >= 0.6 is 0 Å². The molecule has 0 radical (unpaired) electrons. The molecule has 3 rings (SSSR count). The van der Waals surface area contributed by atoms with Gasteiger partial charge < -0.3 is 15.6 Å². The van der Waals surface area contributed by atoms with Crippen molar-refractivity contribution in [3.63, 3.8) is 0 Å². The third kappa shape index (κ3) is 2.79. The van der Waals surface area contributed by atoms with E-state index < -0.39 is 5.91 Å². The van der Waals surface area contributed by atoms with Crippen LogP contribution in [0.25, 0.3) is 10.8 Å². The van der Waals surface area contributed by atoms with Crippen LogP contribution < -0.4 is 10.5 Å². The summed E-state index contributed by atoms with van der Waals surface area (Å²) in [6.45, 7) is 0. The second-order valence-electron chi connectivity index (χ2n) is 4.68. The van der Waals surface area contributed by atoms with E-state index in [1.54, 1.807) is 36.4 Å². The Morgan fingerprint density at radius 3 is 2.24 bits per heavy atom. The first-order valence-electron chi connectivity index (χ1n) is 6.42. The zero-order valence-electron chi connectivity index (χ0n) is 11.1. The van der Waals surface area contributed by atoms with E-state index >= 15 is 0 Å². The molecule has 0 aliphatic rings. The minimum Gasteiger partial charge on any atom is -0.508 e. The summed E-state index contributed by atoms with van der Waals surface area (Å²) in [5, 5.41) is 11.4. The summed E-state index contributed by atoms with van der Waals surface area (Å²) >= 11 is 0. The van der Waals surface area contributed by atoms with Gasteiger partial charge in [0.1, 0.15) is 17.2 Å². The molecule has 0 atom stereocenters. The maximum atomic E-state index is 11.0. The van der Waals surface area contributed by atoms with Gasteiger partial charge in [-0.05, 0) is 59.3 Å². The molecular weight excluding hydrogens is 266 g/mol. The summed E-state index contributed by atoms with van der Waals surface area (Å²) in [5.74, 6) is 1.01. The zero-order valence-corrected chi connectivity index (χ0v) is 11.1. The molecule has 3 N–H and O–H groups in total. The summed E-state index contributed by atoms with van der Waals surface area (Å²) in [5.41, 5.74) is 5.63. The fourth-order valence-corrected chi connectivity index (χ4v) is 2.10. The Kier molecular flexibility index (Phi) is 3.20. The van der Waals surface area contributed by atoms with E-state index in [1.807, 2.05) is 24.3 Å². The van der Waals surface area contributed by atoms with Crippen LogP contribution in [0.4, 0.5) is 0 Å². The number of nitrogens with two attached hydrogens (primary N) is 1. The number of aromatic hydroxyl groups is 1. The third-order valence-electron chi connectivity index (χ3n) is 3.17. The smallest absolute Gasteiger partial charge is 0.248 e. The lowest BCUT2D eigenvalue weighted by Gasteiger charge is -2.07. The van der Waals surface area contributed by atoms with Crippen molar-refractivity contribution in [3.05, 3.63) is 66.2 Å². The van der Waals surface area contributed by atoms with Crippen LogP contribution in [0.2, 0.25) is 0 Å².